The van der Waals surface area contributed by atoms with Crippen molar-refractivity contribution < 1.29 is 9.59 Å². The Balaban J connectivity index is 2.81. The Kier molecular flexibility index (Phi) is 5.95. The second-order valence-electron chi connectivity index (χ2n) is 4.83. The first kappa shape index (κ1) is 17.2. The van der Waals surface area contributed by atoms with Crippen LogP contribution in [-0.4, -0.2) is 67.4 Å². The molecule has 2 N–H and O–H groups in total. The molecule has 1 aromatic rings. The van der Waals surface area contributed by atoms with Crippen LogP contribution in [-0.2, 0) is 4.79 Å². The summed E-state index contributed by atoms with van der Waals surface area (Å²) in [5.74, 6) is -0.152. The summed E-state index contributed by atoms with van der Waals surface area (Å²) in [6, 6.07) is 0. The molecule has 0 aliphatic carbocycles. The monoisotopic (exact) mass is 313 g/mol. The van der Waals surface area contributed by atoms with Gasteiger partial charge in [-0.2, -0.15) is 0 Å². The molecule has 0 saturated carbocycles. The Bertz CT molecular complexity index is 511. The number of hydrogen-bond donors (Lipinski definition) is 1. The van der Waals surface area contributed by atoms with Crippen molar-refractivity contribution in [2.75, 3.05) is 51.4 Å². The van der Waals surface area contributed by atoms with E-state index in [-0.39, 0.29) is 24.2 Å². The summed E-state index contributed by atoms with van der Waals surface area (Å²) in [5, 5.41) is 0.666. The number of likely N-dealkylation sites (N-methyl/N-ethyl adjacent to an activating group) is 2. The SMILES string of the molecule is CCN(CC)C(=O)CN(C)C(=O)c1sc(N(C)C)nc1N. The van der Waals surface area contributed by atoms with Gasteiger partial charge in [0.25, 0.3) is 5.91 Å². The summed E-state index contributed by atoms with van der Waals surface area (Å²) in [6.07, 6.45) is 0. The smallest absolute Gasteiger partial charge is 0.268 e. The highest BCUT2D eigenvalue weighted by molar-refractivity contribution is 7.18. The molecule has 0 unspecified atom stereocenters. The lowest BCUT2D eigenvalue weighted by molar-refractivity contribution is -0.131. The van der Waals surface area contributed by atoms with Gasteiger partial charge in [-0.05, 0) is 13.8 Å². The van der Waals surface area contributed by atoms with Gasteiger partial charge in [0.15, 0.2) is 5.13 Å². The van der Waals surface area contributed by atoms with Crippen molar-refractivity contribution in [1.82, 2.24) is 14.8 Å². The second kappa shape index (κ2) is 7.26. The summed E-state index contributed by atoms with van der Waals surface area (Å²) in [4.78, 5) is 33.8. The van der Waals surface area contributed by atoms with E-state index in [9.17, 15) is 9.59 Å². The molecular weight excluding hydrogens is 290 g/mol. The molecule has 0 aliphatic rings. The van der Waals surface area contributed by atoms with E-state index in [1.807, 2.05) is 27.9 Å². The number of anilines is 2. The molecule has 1 rings (SSSR count). The third-order valence-corrected chi connectivity index (χ3v) is 4.28. The average Bonchev–Trinajstić information content (AvgIpc) is 2.81. The normalized spacial score (nSPS) is 10.3. The van der Waals surface area contributed by atoms with Crippen LogP contribution in [0.15, 0.2) is 0 Å². The van der Waals surface area contributed by atoms with Gasteiger partial charge >= 0.3 is 0 Å². The molecule has 0 spiro atoms. The van der Waals surface area contributed by atoms with Crippen LogP contribution < -0.4 is 10.6 Å². The fourth-order valence-corrected chi connectivity index (χ4v) is 2.69. The maximum Gasteiger partial charge on any atom is 0.268 e. The molecular formula is C13H23N5O2S. The number of aromatic nitrogens is 1. The van der Waals surface area contributed by atoms with Gasteiger partial charge in [-0.15, -0.1) is 0 Å². The molecule has 21 heavy (non-hydrogen) atoms. The molecule has 8 heteroatoms. The molecule has 0 bridgehead atoms. The van der Waals surface area contributed by atoms with Gasteiger partial charge in [0, 0.05) is 34.2 Å². The van der Waals surface area contributed by atoms with E-state index >= 15 is 0 Å². The van der Waals surface area contributed by atoms with Gasteiger partial charge in [0.2, 0.25) is 5.91 Å². The molecule has 0 radical (unpaired) electrons. The Morgan fingerprint density at radius 3 is 2.19 bits per heavy atom. The van der Waals surface area contributed by atoms with Gasteiger partial charge in [0.05, 0.1) is 6.54 Å². The minimum atomic E-state index is -0.279. The fourth-order valence-electron chi connectivity index (χ4n) is 1.79. The van der Waals surface area contributed by atoms with Crippen LogP contribution >= 0.6 is 11.3 Å². The van der Waals surface area contributed by atoms with Crippen LogP contribution in [0.2, 0.25) is 0 Å². The number of thiazole rings is 1. The molecule has 2 amide bonds. The van der Waals surface area contributed by atoms with Crippen molar-refractivity contribution in [2.45, 2.75) is 13.8 Å². The maximum atomic E-state index is 12.4. The van der Waals surface area contributed by atoms with Gasteiger partial charge < -0.3 is 20.4 Å². The van der Waals surface area contributed by atoms with E-state index in [2.05, 4.69) is 4.98 Å². The summed E-state index contributed by atoms with van der Waals surface area (Å²) in [7, 11) is 5.26. The minimum absolute atomic E-state index is 0.0369. The van der Waals surface area contributed by atoms with Crippen LogP contribution in [0.4, 0.5) is 10.9 Å². The van der Waals surface area contributed by atoms with Crippen molar-refractivity contribution in [3.63, 3.8) is 0 Å². The highest BCUT2D eigenvalue weighted by Crippen LogP contribution is 2.27. The zero-order chi connectivity index (χ0) is 16.2. The summed E-state index contributed by atoms with van der Waals surface area (Å²) in [6.45, 7) is 5.12. The van der Waals surface area contributed by atoms with E-state index < -0.39 is 0 Å². The Hall–Kier alpha value is -1.83. The highest BCUT2D eigenvalue weighted by Gasteiger charge is 2.23. The molecule has 118 valence electrons. The first-order valence-corrected chi connectivity index (χ1v) is 7.60. The van der Waals surface area contributed by atoms with Crippen LogP contribution in [0, 0.1) is 0 Å². The van der Waals surface area contributed by atoms with E-state index in [1.54, 1.807) is 16.8 Å². The zero-order valence-corrected chi connectivity index (χ0v) is 14.0. The number of rotatable bonds is 6. The predicted molar refractivity (Wildman–Crippen MR) is 85.7 cm³/mol. The first-order valence-electron chi connectivity index (χ1n) is 6.78. The highest BCUT2D eigenvalue weighted by atomic mass is 32.1. The second-order valence-corrected chi connectivity index (χ2v) is 5.81. The Morgan fingerprint density at radius 2 is 1.76 bits per heavy atom. The number of carbonyl (C=O) groups is 2. The predicted octanol–water partition coefficient (Wildman–Crippen LogP) is 0.732. The molecule has 0 atom stereocenters. The van der Waals surface area contributed by atoms with Gasteiger partial charge in [-0.25, -0.2) is 4.98 Å². The molecule has 7 nitrogen and oxygen atoms in total. The molecule has 1 heterocycles. The Morgan fingerprint density at radius 1 is 1.19 bits per heavy atom. The number of nitrogens with zero attached hydrogens (tertiary/aromatic N) is 4. The van der Waals surface area contributed by atoms with Crippen molar-refractivity contribution in [3.8, 4) is 0 Å². The van der Waals surface area contributed by atoms with Crippen LogP contribution in [0.25, 0.3) is 0 Å². The van der Waals surface area contributed by atoms with Crippen LogP contribution in [0.3, 0.4) is 0 Å². The van der Waals surface area contributed by atoms with Crippen molar-refractivity contribution in [3.05, 3.63) is 4.88 Å². The van der Waals surface area contributed by atoms with E-state index in [1.165, 1.54) is 16.2 Å². The van der Waals surface area contributed by atoms with Crippen LogP contribution in [0.5, 0.6) is 0 Å². The third kappa shape index (κ3) is 4.07. The first-order chi connectivity index (χ1) is 9.81. The lowest BCUT2D eigenvalue weighted by Gasteiger charge is -2.22. The lowest BCUT2D eigenvalue weighted by Crippen LogP contribution is -2.41. The lowest BCUT2D eigenvalue weighted by atomic mass is 10.4. The number of hydrogen-bond acceptors (Lipinski definition) is 6. The number of amides is 2. The third-order valence-electron chi connectivity index (χ3n) is 3.05. The largest absolute Gasteiger partial charge is 0.382 e. The van der Waals surface area contributed by atoms with E-state index in [0.717, 1.165) is 0 Å². The molecule has 0 saturated heterocycles. The molecule has 1 aromatic heterocycles. The van der Waals surface area contributed by atoms with Crippen molar-refractivity contribution in [1.29, 1.82) is 0 Å². The number of carbonyl (C=O) groups excluding carboxylic acids is 2. The van der Waals surface area contributed by atoms with E-state index in [4.69, 9.17) is 5.73 Å². The van der Waals surface area contributed by atoms with Gasteiger partial charge in [0.1, 0.15) is 10.7 Å². The standard InChI is InChI=1S/C13H23N5O2S/c1-6-18(7-2)9(19)8-17(5)12(20)10-11(14)15-13(21-10)16(3)4/h6-8,14H2,1-5H3. The van der Waals surface area contributed by atoms with E-state index in [0.29, 0.717) is 23.1 Å². The average molecular weight is 313 g/mol. The maximum absolute atomic E-state index is 12.4. The summed E-state index contributed by atoms with van der Waals surface area (Å²) >= 11 is 1.22. The summed E-state index contributed by atoms with van der Waals surface area (Å²) < 4.78 is 0. The number of nitrogens with two attached hydrogens (primary N) is 1. The quantitative estimate of drug-likeness (QED) is 0.837. The molecule has 0 aromatic carbocycles. The fraction of sp³-hybridized carbons (Fsp3) is 0.615. The topological polar surface area (TPSA) is 82.8 Å². The van der Waals surface area contributed by atoms with Gasteiger partial charge in [-0.3, -0.25) is 9.59 Å². The molecule has 0 aliphatic heterocycles. The summed E-state index contributed by atoms with van der Waals surface area (Å²) in [5.41, 5.74) is 5.79. The Labute approximate surface area is 129 Å². The van der Waals surface area contributed by atoms with Crippen LogP contribution in [0.1, 0.15) is 23.5 Å². The minimum Gasteiger partial charge on any atom is -0.382 e. The van der Waals surface area contributed by atoms with Crippen molar-refractivity contribution in [2.24, 2.45) is 0 Å². The number of nitrogen functional groups attached to an aromatic ring is 1. The van der Waals surface area contributed by atoms with Crippen molar-refractivity contribution >= 4 is 34.1 Å². The molecule has 0 fully saturated rings. The van der Waals surface area contributed by atoms with Gasteiger partial charge in [-0.1, -0.05) is 11.3 Å². The zero-order valence-electron chi connectivity index (χ0n) is 13.2.